The topological polar surface area (TPSA) is 15.6 Å². The highest BCUT2D eigenvalue weighted by molar-refractivity contribution is 7.99. The van der Waals surface area contributed by atoms with Gasteiger partial charge in [-0.1, -0.05) is 6.07 Å². The van der Waals surface area contributed by atoms with Gasteiger partial charge in [0, 0.05) is 29.5 Å². The Hall–Kier alpha value is -0.480. The highest BCUT2D eigenvalue weighted by Gasteiger charge is 2.06. The molecule has 0 N–H and O–H groups in total. The van der Waals surface area contributed by atoms with E-state index in [1.54, 1.807) is 11.3 Å². The summed E-state index contributed by atoms with van der Waals surface area (Å²) in [5, 5.41) is 8.66. The zero-order valence-corrected chi connectivity index (χ0v) is 8.98. The van der Waals surface area contributed by atoms with Gasteiger partial charge in [0.15, 0.2) is 0 Å². The van der Waals surface area contributed by atoms with Crippen LogP contribution in [0.3, 0.4) is 0 Å². The van der Waals surface area contributed by atoms with Gasteiger partial charge in [-0.3, -0.25) is 5.01 Å². The van der Waals surface area contributed by atoms with E-state index in [2.05, 4.69) is 27.6 Å². The fourth-order valence-corrected chi connectivity index (χ4v) is 2.64. The zero-order chi connectivity index (χ0) is 8.93. The lowest BCUT2D eigenvalue weighted by Gasteiger charge is -2.22. The third-order valence-electron chi connectivity index (χ3n) is 1.88. The molecule has 0 saturated carbocycles. The average Bonchev–Trinajstić information content (AvgIpc) is 2.69. The van der Waals surface area contributed by atoms with E-state index in [9.17, 15) is 0 Å². The summed E-state index contributed by atoms with van der Waals surface area (Å²) >= 11 is 3.74. The molecule has 1 aliphatic heterocycles. The molecular formula is C9H12N2S2. The van der Waals surface area contributed by atoms with Gasteiger partial charge in [0.25, 0.3) is 0 Å². The number of hydrogen-bond donors (Lipinski definition) is 0. The van der Waals surface area contributed by atoms with Crippen molar-refractivity contribution in [2.45, 2.75) is 0 Å². The molecule has 1 aliphatic rings. The Morgan fingerprint density at radius 3 is 2.92 bits per heavy atom. The van der Waals surface area contributed by atoms with Gasteiger partial charge in [0.1, 0.15) is 0 Å². The van der Waals surface area contributed by atoms with Crippen LogP contribution in [0.4, 0.5) is 0 Å². The van der Waals surface area contributed by atoms with Crippen LogP contribution in [0, 0.1) is 0 Å². The minimum atomic E-state index is 1.09. The number of thioether (sulfide) groups is 1. The molecule has 1 saturated heterocycles. The molecule has 2 rings (SSSR count). The summed E-state index contributed by atoms with van der Waals surface area (Å²) in [4.78, 5) is 1.23. The molecule has 0 aromatic carbocycles. The first-order chi connectivity index (χ1) is 6.45. The minimum absolute atomic E-state index is 1.09. The fraction of sp³-hybridized carbons (Fsp3) is 0.444. The lowest BCUT2D eigenvalue weighted by atomic mass is 10.5. The van der Waals surface area contributed by atoms with Gasteiger partial charge >= 0.3 is 0 Å². The predicted octanol–water partition coefficient (Wildman–Crippen LogP) is 2.13. The molecule has 0 spiro atoms. The second-order valence-corrected chi connectivity index (χ2v) is 5.03. The summed E-state index contributed by atoms with van der Waals surface area (Å²) in [7, 11) is 0. The molecule has 0 aliphatic carbocycles. The van der Waals surface area contributed by atoms with Crippen molar-refractivity contribution in [2.24, 2.45) is 5.10 Å². The standard InChI is InChI=1S/C9H12N2S2/c1-2-9(13-5-1)8-10-11-3-6-12-7-4-11/h1-2,5,8H,3-4,6-7H2/b10-8+. The number of hydrogen-bond acceptors (Lipinski definition) is 4. The Labute approximate surface area is 86.6 Å². The van der Waals surface area contributed by atoms with Crippen LogP contribution in [0.2, 0.25) is 0 Å². The molecule has 70 valence electrons. The number of nitrogens with zero attached hydrogens (tertiary/aromatic N) is 2. The van der Waals surface area contributed by atoms with E-state index in [1.807, 2.05) is 18.0 Å². The summed E-state index contributed by atoms with van der Waals surface area (Å²) in [6, 6.07) is 4.14. The van der Waals surface area contributed by atoms with Crippen LogP contribution in [-0.4, -0.2) is 35.8 Å². The first-order valence-electron chi connectivity index (χ1n) is 4.35. The maximum Gasteiger partial charge on any atom is 0.0642 e. The van der Waals surface area contributed by atoms with Crippen LogP contribution < -0.4 is 0 Å². The van der Waals surface area contributed by atoms with Crippen LogP contribution in [0.15, 0.2) is 22.6 Å². The smallest absolute Gasteiger partial charge is 0.0642 e. The van der Waals surface area contributed by atoms with E-state index < -0.39 is 0 Å². The zero-order valence-electron chi connectivity index (χ0n) is 7.35. The van der Waals surface area contributed by atoms with Gasteiger partial charge in [0.2, 0.25) is 0 Å². The largest absolute Gasteiger partial charge is 0.295 e. The summed E-state index contributed by atoms with van der Waals surface area (Å²) in [5.41, 5.74) is 0. The fourth-order valence-electron chi connectivity index (χ4n) is 1.17. The normalized spacial score (nSPS) is 18.3. The van der Waals surface area contributed by atoms with Crippen molar-refractivity contribution >= 4 is 29.3 Å². The Bertz CT molecular complexity index is 263. The van der Waals surface area contributed by atoms with Crippen molar-refractivity contribution < 1.29 is 0 Å². The molecule has 0 amide bonds. The number of rotatable bonds is 2. The van der Waals surface area contributed by atoms with Crippen molar-refractivity contribution in [2.75, 3.05) is 24.6 Å². The lowest BCUT2D eigenvalue weighted by Crippen LogP contribution is -2.27. The van der Waals surface area contributed by atoms with Gasteiger partial charge in [-0.2, -0.15) is 16.9 Å². The first-order valence-corrected chi connectivity index (χ1v) is 6.39. The van der Waals surface area contributed by atoms with Gasteiger partial charge < -0.3 is 0 Å². The molecule has 2 nitrogen and oxygen atoms in total. The summed E-state index contributed by atoms with van der Waals surface area (Å²) in [6.07, 6.45) is 1.96. The third-order valence-corrected chi connectivity index (χ3v) is 3.63. The van der Waals surface area contributed by atoms with Crippen molar-refractivity contribution in [3.63, 3.8) is 0 Å². The van der Waals surface area contributed by atoms with Crippen molar-refractivity contribution in [1.82, 2.24) is 5.01 Å². The molecule has 1 aromatic rings. The van der Waals surface area contributed by atoms with E-state index in [1.165, 1.54) is 16.4 Å². The third kappa shape index (κ3) is 2.74. The quantitative estimate of drug-likeness (QED) is 0.698. The maximum absolute atomic E-state index is 4.43. The Kier molecular flexibility index (Phi) is 3.27. The van der Waals surface area contributed by atoms with E-state index in [-0.39, 0.29) is 0 Å². The maximum atomic E-state index is 4.43. The first kappa shape index (κ1) is 9.09. The van der Waals surface area contributed by atoms with E-state index >= 15 is 0 Å². The average molecular weight is 212 g/mol. The SMILES string of the molecule is C(=N\N1CCSCC1)/c1cccs1. The molecule has 0 radical (unpaired) electrons. The van der Waals surface area contributed by atoms with Crippen molar-refractivity contribution in [3.8, 4) is 0 Å². The second kappa shape index (κ2) is 4.67. The predicted molar refractivity (Wildman–Crippen MR) is 60.8 cm³/mol. The lowest BCUT2D eigenvalue weighted by molar-refractivity contribution is 0.322. The molecule has 4 heteroatoms. The Morgan fingerprint density at radius 2 is 2.23 bits per heavy atom. The van der Waals surface area contributed by atoms with Crippen molar-refractivity contribution in [3.05, 3.63) is 22.4 Å². The van der Waals surface area contributed by atoms with E-state index in [0.29, 0.717) is 0 Å². The number of hydrazone groups is 1. The van der Waals surface area contributed by atoms with E-state index in [4.69, 9.17) is 0 Å². The van der Waals surface area contributed by atoms with Crippen LogP contribution in [0.1, 0.15) is 4.88 Å². The van der Waals surface area contributed by atoms with Crippen LogP contribution in [-0.2, 0) is 0 Å². The van der Waals surface area contributed by atoms with Crippen LogP contribution in [0.5, 0.6) is 0 Å². The van der Waals surface area contributed by atoms with Crippen molar-refractivity contribution in [1.29, 1.82) is 0 Å². The highest BCUT2D eigenvalue weighted by Crippen LogP contribution is 2.10. The number of thiophene rings is 1. The van der Waals surface area contributed by atoms with Gasteiger partial charge in [0.05, 0.1) is 6.21 Å². The molecule has 1 fully saturated rings. The van der Waals surface area contributed by atoms with E-state index in [0.717, 1.165) is 13.1 Å². The second-order valence-electron chi connectivity index (χ2n) is 2.83. The summed E-state index contributed by atoms with van der Waals surface area (Å²) < 4.78 is 0. The molecule has 0 unspecified atom stereocenters. The summed E-state index contributed by atoms with van der Waals surface area (Å²) in [6.45, 7) is 2.18. The molecular weight excluding hydrogens is 200 g/mol. The Balaban J connectivity index is 1.89. The monoisotopic (exact) mass is 212 g/mol. The van der Waals surface area contributed by atoms with Crippen LogP contribution in [0.25, 0.3) is 0 Å². The molecule has 0 bridgehead atoms. The van der Waals surface area contributed by atoms with Gasteiger partial charge in [-0.05, 0) is 11.4 Å². The minimum Gasteiger partial charge on any atom is -0.295 e. The van der Waals surface area contributed by atoms with Gasteiger partial charge in [-0.25, -0.2) is 0 Å². The highest BCUT2D eigenvalue weighted by atomic mass is 32.2. The summed E-state index contributed by atoms with van der Waals surface area (Å²) in [5.74, 6) is 2.42. The molecule has 1 aromatic heterocycles. The molecule has 13 heavy (non-hydrogen) atoms. The van der Waals surface area contributed by atoms with Gasteiger partial charge in [-0.15, -0.1) is 11.3 Å². The molecule has 0 atom stereocenters. The molecule has 2 heterocycles. The Morgan fingerprint density at radius 1 is 1.38 bits per heavy atom. The van der Waals surface area contributed by atoms with Crippen LogP contribution >= 0.6 is 23.1 Å².